The highest BCUT2D eigenvalue weighted by molar-refractivity contribution is 7.99. The highest BCUT2D eigenvalue weighted by Crippen LogP contribution is 2.29. The first-order valence-electron chi connectivity index (χ1n) is 9.28. The SMILES string of the molecule is C=CO/C(=C\C)CSCCOC(C)(C)c1ccccc1CCC.CC. The van der Waals surface area contributed by atoms with Gasteiger partial charge < -0.3 is 9.47 Å². The van der Waals surface area contributed by atoms with Crippen LogP contribution < -0.4 is 0 Å². The maximum Gasteiger partial charge on any atom is 0.109 e. The van der Waals surface area contributed by atoms with E-state index in [2.05, 4.69) is 51.6 Å². The topological polar surface area (TPSA) is 18.5 Å². The first-order valence-corrected chi connectivity index (χ1v) is 10.4. The Labute approximate surface area is 159 Å². The van der Waals surface area contributed by atoms with Crippen LogP contribution in [-0.4, -0.2) is 18.1 Å². The van der Waals surface area contributed by atoms with Crippen LogP contribution in [0.4, 0.5) is 0 Å². The third-order valence-corrected chi connectivity index (χ3v) is 4.62. The summed E-state index contributed by atoms with van der Waals surface area (Å²) in [5.74, 6) is 2.73. The van der Waals surface area contributed by atoms with Crippen LogP contribution in [0.15, 0.2) is 48.9 Å². The highest BCUT2D eigenvalue weighted by Gasteiger charge is 2.23. The molecular formula is C22H36O2S. The Morgan fingerprint density at radius 2 is 1.92 bits per heavy atom. The van der Waals surface area contributed by atoms with Crippen molar-refractivity contribution in [1.29, 1.82) is 0 Å². The van der Waals surface area contributed by atoms with Crippen LogP contribution in [0.1, 0.15) is 59.1 Å². The fourth-order valence-corrected chi connectivity index (χ4v) is 3.28. The summed E-state index contributed by atoms with van der Waals surface area (Å²) in [5, 5.41) is 0. The van der Waals surface area contributed by atoms with Gasteiger partial charge in [0.15, 0.2) is 0 Å². The summed E-state index contributed by atoms with van der Waals surface area (Å²) in [5.41, 5.74) is 2.44. The minimum Gasteiger partial charge on any atom is -0.469 e. The van der Waals surface area contributed by atoms with Crippen molar-refractivity contribution < 1.29 is 9.47 Å². The van der Waals surface area contributed by atoms with E-state index in [4.69, 9.17) is 9.47 Å². The molecule has 1 aromatic rings. The lowest BCUT2D eigenvalue weighted by Gasteiger charge is -2.28. The average Bonchev–Trinajstić information content (AvgIpc) is 2.63. The number of rotatable bonds is 11. The van der Waals surface area contributed by atoms with Crippen LogP contribution in [0.25, 0.3) is 0 Å². The molecule has 0 amide bonds. The van der Waals surface area contributed by atoms with Crippen molar-refractivity contribution in [2.24, 2.45) is 0 Å². The smallest absolute Gasteiger partial charge is 0.109 e. The van der Waals surface area contributed by atoms with Crippen LogP contribution in [0.2, 0.25) is 0 Å². The molecule has 0 saturated heterocycles. The molecule has 3 heteroatoms. The molecule has 0 bridgehead atoms. The van der Waals surface area contributed by atoms with Gasteiger partial charge in [0.25, 0.3) is 0 Å². The Hall–Kier alpha value is -1.19. The summed E-state index contributed by atoms with van der Waals surface area (Å²) in [6.07, 6.45) is 5.69. The summed E-state index contributed by atoms with van der Waals surface area (Å²) in [7, 11) is 0. The van der Waals surface area contributed by atoms with Crippen LogP contribution in [0.5, 0.6) is 0 Å². The normalized spacial score (nSPS) is 11.5. The number of ether oxygens (including phenoxy) is 2. The molecule has 0 aliphatic carbocycles. The quantitative estimate of drug-likeness (QED) is 0.321. The number of thioether (sulfide) groups is 1. The van der Waals surface area contributed by atoms with Crippen molar-refractivity contribution in [3.63, 3.8) is 0 Å². The van der Waals surface area contributed by atoms with Crippen molar-refractivity contribution in [3.05, 3.63) is 60.1 Å². The lowest BCUT2D eigenvalue weighted by molar-refractivity contribution is -0.0130. The molecule has 1 rings (SSSR count). The van der Waals surface area contributed by atoms with Gasteiger partial charge in [0.05, 0.1) is 24.2 Å². The second kappa shape index (κ2) is 14.0. The predicted molar refractivity (Wildman–Crippen MR) is 113 cm³/mol. The molecule has 0 N–H and O–H groups in total. The Morgan fingerprint density at radius 1 is 1.24 bits per heavy atom. The first kappa shape index (κ1) is 23.8. The number of hydrogen-bond acceptors (Lipinski definition) is 3. The number of hydrogen-bond donors (Lipinski definition) is 0. The lowest BCUT2D eigenvalue weighted by Crippen LogP contribution is -2.24. The van der Waals surface area contributed by atoms with Gasteiger partial charge in [-0.3, -0.25) is 0 Å². The van der Waals surface area contributed by atoms with E-state index >= 15 is 0 Å². The second-order valence-electron chi connectivity index (χ2n) is 5.86. The van der Waals surface area contributed by atoms with Crippen LogP contribution in [0, 0.1) is 0 Å². The predicted octanol–water partition coefficient (Wildman–Crippen LogP) is 6.71. The maximum absolute atomic E-state index is 6.18. The van der Waals surface area contributed by atoms with Crippen LogP contribution in [0.3, 0.4) is 0 Å². The van der Waals surface area contributed by atoms with Crippen molar-refractivity contribution in [2.75, 3.05) is 18.1 Å². The van der Waals surface area contributed by atoms with Gasteiger partial charge >= 0.3 is 0 Å². The minimum atomic E-state index is -0.257. The third-order valence-electron chi connectivity index (χ3n) is 3.68. The molecule has 25 heavy (non-hydrogen) atoms. The Kier molecular flexibility index (Phi) is 13.4. The van der Waals surface area contributed by atoms with Gasteiger partial charge in [-0.25, -0.2) is 0 Å². The summed E-state index contributed by atoms with van der Waals surface area (Å²) >= 11 is 1.81. The van der Waals surface area contributed by atoms with E-state index in [1.54, 1.807) is 0 Å². The lowest BCUT2D eigenvalue weighted by atomic mass is 9.91. The van der Waals surface area contributed by atoms with E-state index in [0.717, 1.165) is 36.7 Å². The van der Waals surface area contributed by atoms with Crippen molar-refractivity contribution >= 4 is 11.8 Å². The second-order valence-corrected chi connectivity index (χ2v) is 6.96. The van der Waals surface area contributed by atoms with E-state index < -0.39 is 0 Å². The first-order chi connectivity index (χ1) is 12.0. The molecule has 0 atom stereocenters. The molecule has 142 valence electrons. The van der Waals surface area contributed by atoms with E-state index in [1.165, 1.54) is 17.4 Å². The van der Waals surface area contributed by atoms with Crippen molar-refractivity contribution in [2.45, 2.75) is 60.0 Å². The molecule has 1 aromatic carbocycles. The van der Waals surface area contributed by atoms with Crippen LogP contribution >= 0.6 is 11.8 Å². The third kappa shape index (κ3) is 9.18. The molecule has 0 fully saturated rings. The highest BCUT2D eigenvalue weighted by atomic mass is 32.2. The van der Waals surface area contributed by atoms with Gasteiger partial charge in [-0.2, -0.15) is 11.8 Å². The van der Waals surface area contributed by atoms with Gasteiger partial charge in [-0.15, -0.1) is 0 Å². The van der Waals surface area contributed by atoms with Crippen molar-refractivity contribution in [1.82, 2.24) is 0 Å². The van der Waals surface area contributed by atoms with Crippen molar-refractivity contribution in [3.8, 4) is 0 Å². The Balaban J connectivity index is 0.00000277. The molecule has 0 aliphatic rings. The summed E-state index contributed by atoms with van der Waals surface area (Å²) in [6.45, 7) is 16.8. The van der Waals surface area contributed by atoms with E-state index in [-0.39, 0.29) is 5.60 Å². The molecule has 0 aliphatic heterocycles. The maximum atomic E-state index is 6.18. The molecular weight excluding hydrogens is 328 g/mol. The van der Waals surface area contributed by atoms with E-state index in [1.807, 2.05) is 38.6 Å². The number of aryl methyl sites for hydroxylation is 1. The number of allylic oxidation sites excluding steroid dienone is 1. The Morgan fingerprint density at radius 3 is 2.52 bits per heavy atom. The van der Waals surface area contributed by atoms with Gasteiger partial charge in [0, 0.05) is 5.75 Å². The molecule has 0 unspecified atom stereocenters. The van der Waals surface area contributed by atoms with Gasteiger partial charge in [-0.05, 0) is 44.4 Å². The Bertz CT molecular complexity index is 507. The van der Waals surface area contributed by atoms with Gasteiger partial charge in [0.1, 0.15) is 5.76 Å². The largest absolute Gasteiger partial charge is 0.469 e. The summed E-state index contributed by atoms with van der Waals surface area (Å²) in [4.78, 5) is 0. The van der Waals surface area contributed by atoms with Crippen LogP contribution in [-0.2, 0) is 21.5 Å². The zero-order valence-corrected chi connectivity index (χ0v) is 17.7. The molecule has 0 saturated carbocycles. The monoisotopic (exact) mass is 364 g/mol. The minimum absolute atomic E-state index is 0.257. The summed E-state index contributed by atoms with van der Waals surface area (Å²) < 4.78 is 11.5. The number of benzene rings is 1. The average molecular weight is 365 g/mol. The molecule has 0 spiro atoms. The fourth-order valence-electron chi connectivity index (χ4n) is 2.49. The zero-order valence-electron chi connectivity index (χ0n) is 16.9. The van der Waals surface area contributed by atoms with Gasteiger partial charge in [-0.1, -0.05) is 58.0 Å². The molecule has 0 radical (unpaired) electrons. The van der Waals surface area contributed by atoms with E-state index in [0.29, 0.717) is 0 Å². The standard InChI is InChI=1S/C20H30O2S.C2H6/c1-6-11-17-12-9-10-13-19(17)20(4,5)22-14-15-23-16-18(7-2)21-8-3;1-2/h7-10,12-13H,3,6,11,14-16H2,1-2,4-5H3;1-2H3/b18-7-;. The van der Waals surface area contributed by atoms with E-state index in [9.17, 15) is 0 Å². The fraction of sp³-hybridized carbons (Fsp3) is 0.545. The molecule has 0 heterocycles. The summed E-state index contributed by atoms with van der Waals surface area (Å²) in [6, 6.07) is 8.61. The van der Waals surface area contributed by atoms with Gasteiger partial charge in [0.2, 0.25) is 0 Å². The zero-order chi connectivity index (χ0) is 19.1. The molecule has 0 aromatic heterocycles. The molecule has 2 nitrogen and oxygen atoms in total.